The Bertz CT molecular complexity index is 525. The Morgan fingerprint density at radius 2 is 2.18 bits per heavy atom. The van der Waals surface area contributed by atoms with Crippen molar-refractivity contribution in [2.45, 2.75) is 24.8 Å². The fraction of sp³-hybridized carbons (Fsp3) is 0.300. The largest absolute Gasteiger partial charge is 0.409 e. The molecular weight excluding hydrogens is 242 g/mol. The molecule has 0 heterocycles. The molecule has 0 bridgehead atoms. The maximum Gasteiger partial charge on any atom is 0.241 e. The minimum Gasteiger partial charge on any atom is -0.409 e. The van der Waals surface area contributed by atoms with Crippen LogP contribution in [0, 0.1) is 6.92 Å². The molecule has 0 saturated heterocycles. The molecule has 94 valence electrons. The molecule has 0 amide bonds. The summed E-state index contributed by atoms with van der Waals surface area (Å²) in [6.45, 7) is 3.29. The molecule has 1 atom stereocenters. The van der Waals surface area contributed by atoms with Crippen molar-refractivity contribution >= 4 is 15.9 Å². The van der Waals surface area contributed by atoms with Crippen molar-refractivity contribution in [2.24, 2.45) is 10.9 Å². The number of rotatable bonds is 4. The van der Waals surface area contributed by atoms with E-state index in [0.717, 1.165) is 5.56 Å². The summed E-state index contributed by atoms with van der Waals surface area (Å²) in [5.74, 6) is -0.193. The standard InChI is InChI=1S/C10H15N3O3S/c1-7-4-3-5-9(6-7)17(15,16)13-8(2)10(11)12-14/h3-6,8,13-14H,1-2H3,(H2,11,12). The molecule has 0 aliphatic carbocycles. The van der Waals surface area contributed by atoms with Crippen molar-refractivity contribution in [3.05, 3.63) is 29.8 Å². The minimum absolute atomic E-state index is 0.148. The van der Waals surface area contributed by atoms with E-state index in [-0.39, 0.29) is 10.7 Å². The molecule has 0 aromatic heterocycles. The summed E-state index contributed by atoms with van der Waals surface area (Å²) in [5.41, 5.74) is 6.14. The smallest absolute Gasteiger partial charge is 0.241 e. The fourth-order valence-electron chi connectivity index (χ4n) is 1.23. The first-order valence-corrected chi connectivity index (χ1v) is 6.41. The number of hydrogen-bond acceptors (Lipinski definition) is 4. The molecule has 6 nitrogen and oxygen atoms in total. The summed E-state index contributed by atoms with van der Waals surface area (Å²) >= 11 is 0. The van der Waals surface area contributed by atoms with Crippen molar-refractivity contribution in [3.63, 3.8) is 0 Å². The summed E-state index contributed by atoms with van der Waals surface area (Å²) < 4.78 is 26.1. The maximum atomic E-state index is 11.9. The lowest BCUT2D eigenvalue weighted by atomic mass is 10.2. The minimum atomic E-state index is -3.66. The Morgan fingerprint density at radius 1 is 1.53 bits per heavy atom. The third-order valence-electron chi connectivity index (χ3n) is 2.19. The van der Waals surface area contributed by atoms with Crippen LogP contribution in [0.25, 0.3) is 0 Å². The second kappa shape index (κ2) is 5.15. The quantitative estimate of drug-likeness (QED) is 0.314. The highest BCUT2D eigenvalue weighted by Crippen LogP contribution is 2.11. The highest BCUT2D eigenvalue weighted by Gasteiger charge is 2.19. The van der Waals surface area contributed by atoms with Crippen molar-refractivity contribution in [1.82, 2.24) is 4.72 Å². The van der Waals surface area contributed by atoms with Crippen LogP contribution in [0.1, 0.15) is 12.5 Å². The number of hydrogen-bond donors (Lipinski definition) is 3. The molecule has 0 aliphatic heterocycles. The lowest BCUT2D eigenvalue weighted by Crippen LogP contribution is -2.42. The molecule has 0 radical (unpaired) electrons. The van der Waals surface area contributed by atoms with Crippen LogP contribution in [0.3, 0.4) is 0 Å². The van der Waals surface area contributed by atoms with E-state index in [9.17, 15) is 8.42 Å². The third-order valence-corrected chi connectivity index (χ3v) is 3.73. The molecule has 1 aromatic rings. The van der Waals surface area contributed by atoms with Gasteiger partial charge in [-0.25, -0.2) is 13.1 Å². The lowest BCUT2D eigenvalue weighted by Gasteiger charge is -2.12. The Kier molecular flexibility index (Phi) is 4.08. The zero-order valence-corrected chi connectivity index (χ0v) is 10.4. The fourth-order valence-corrected chi connectivity index (χ4v) is 2.55. The van der Waals surface area contributed by atoms with Crippen molar-refractivity contribution in [1.29, 1.82) is 0 Å². The third kappa shape index (κ3) is 3.43. The molecule has 4 N–H and O–H groups in total. The number of sulfonamides is 1. The molecular formula is C10H15N3O3S. The van der Waals surface area contributed by atoms with Gasteiger partial charge in [-0.2, -0.15) is 0 Å². The SMILES string of the molecule is Cc1cccc(S(=O)(=O)NC(C)/C(N)=N/O)c1. The van der Waals surface area contributed by atoms with E-state index in [4.69, 9.17) is 10.9 Å². The predicted molar refractivity (Wildman–Crippen MR) is 64.4 cm³/mol. The molecule has 1 aromatic carbocycles. The van der Waals surface area contributed by atoms with Gasteiger partial charge in [-0.1, -0.05) is 17.3 Å². The van der Waals surface area contributed by atoms with E-state index in [1.165, 1.54) is 13.0 Å². The molecule has 0 spiro atoms. The Balaban J connectivity index is 2.97. The van der Waals surface area contributed by atoms with Gasteiger partial charge in [-0.05, 0) is 31.5 Å². The molecule has 17 heavy (non-hydrogen) atoms. The first-order chi connectivity index (χ1) is 7.86. The van der Waals surface area contributed by atoms with Crippen LogP contribution >= 0.6 is 0 Å². The summed E-state index contributed by atoms with van der Waals surface area (Å²) in [6.07, 6.45) is 0. The van der Waals surface area contributed by atoms with Gasteiger partial charge in [0.15, 0.2) is 5.84 Å². The maximum absolute atomic E-state index is 11.9. The van der Waals surface area contributed by atoms with Crippen LogP contribution < -0.4 is 10.5 Å². The van der Waals surface area contributed by atoms with Gasteiger partial charge in [0.1, 0.15) is 0 Å². The number of nitrogens with one attached hydrogen (secondary N) is 1. The van der Waals surface area contributed by atoms with E-state index in [0.29, 0.717) is 0 Å². The first kappa shape index (κ1) is 13.5. The molecule has 0 saturated carbocycles. The monoisotopic (exact) mass is 257 g/mol. The summed E-state index contributed by atoms with van der Waals surface area (Å²) in [7, 11) is -3.66. The number of benzene rings is 1. The highest BCUT2D eigenvalue weighted by atomic mass is 32.2. The molecule has 1 unspecified atom stereocenters. The molecule has 0 fully saturated rings. The Morgan fingerprint density at radius 3 is 2.71 bits per heavy atom. The zero-order valence-electron chi connectivity index (χ0n) is 9.58. The molecule has 0 aliphatic rings. The van der Waals surface area contributed by atoms with Gasteiger partial charge in [0, 0.05) is 0 Å². The van der Waals surface area contributed by atoms with E-state index in [1.807, 2.05) is 0 Å². The van der Waals surface area contributed by atoms with Gasteiger partial charge in [-0.15, -0.1) is 0 Å². The van der Waals surface area contributed by atoms with Crippen LogP contribution in [0.15, 0.2) is 34.3 Å². The van der Waals surface area contributed by atoms with E-state index in [2.05, 4.69) is 9.88 Å². The van der Waals surface area contributed by atoms with Crippen molar-refractivity contribution in [2.75, 3.05) is 0 Å². The second-order valence-electron chi connectivity index (χ2n) is 3.68. The summed E-state index contributed by atoms with van der Waals surface area (Å²) in [4.78, 5) is 0.148. The van der Waals surface area contributed by atoms with Gasteiger partial charge >= 0.3 is 0 Å². The molecule has 1 rings (SSSR count). The van der Waals surface area contributed by atoms with Crippen LogP contribution in [-0.4, -0.2) is 25.5 Å². The number of oxime groups is 1. The van der Waals surface area contributed by atoms with Gasteiger partial charge in [0.05, 0.1) is 10.9 Å². The van der Waals surface area contributed by atoms with Crippen molar-refractivity contribution < 1.29 is 13.6 Å². The van der Waals surface area contributed by atoms with Gasteiger partial charge in [0.25, 0.3) is 0 Å². The normalized spacial score (nSPS) is 14.6. The number of aryl methyl sites for hydroxylation is 1. The second-order valence-corrected chi connectivity index (χ2v) is 5.40. The number of nitrogens with zero attached hydrogens (tertiary/aromatic N) is 1. The van der Waals surface area contributed by atoms with E-state index >= 15 is 0 Å². The summed E-state index contributed by atoms with van der Waals surface area (Å²) in [6, 6.07) is 5.70. The average molecular weight is 257 g/mol. The Hall–Kier alpha value is -1.60. The highest BCUT2D eigenvalue weighted by molar-refractivity contribution is 7.89. The van der Waals surface area contributed by atoms with Crippen LogP contribution in [0.2, 0.25) is 0 Å². The van der Waals surface area contributed by atoms with Gasteiger partial charge < -0.3 is 10.9 Å². The topological polar surface area (TPSA) is 105 Å². The first-order valence-electron chi connectivity index (χ1n) is 4.93. The molecule has 7 heteroatoms. The Labute approximate surface area is 100 Å². The average Bonchev–Trinajstić information content (AvgIpc) is 2.27. The van der Waals surface area contributed by atoms with Crippen LogP contribution in [-0.2, 0) is 10.0 Å². The zero-order chi connectivity index (χ0) is 13.1. The van der Waals surface area contributed by atoms with E-state index < -0.39 is 16.1 Å². The van der Waals surface area contributed by atoms with Gasteiger partial charge in [0.2, 0.25) is 10.0 Å². The number of nitrogens with two attached hydrogens (primary N) is 1. The van der Waals surface area contributed by atoms with Crippen molar-refractivity contribution in [3.8, 4) is 0 Å². The van der Waals surface area contributed by atoms with E-state index in [1.54, 1.807) is 25.1 Å². The lowest BCUT2D eigenvalue weighted by molar-refractivity contribution is 0.316. The predicted octanol–water partition coefficient (Wildman–Crippen LogP) is 0.408. The summed E-state index contributed by atoms with van der Waals surface area (Å²) in [5, 5.41) is 11.2. The number of amidine groups is 1. The van der Waals surface area contributed by atoms with Crippen LogP contribution in [0.5, 0.6) is 0 Å². The van der Waals surface area contributed by atoms with Crippen LogP contribution in [0.4, 0.5) is 0 Å². The van der Waals surface area contributed by atoms with Gasteiger partial charge in [-0.3, -0.25) is 0 Å².